The minimum absolute atomic E-state index is 0. The summed E-state index contributed by atoms with van der Waals surface area (Å²) in [5.74, 6) is -0.238. The molecule has 0 spiro atoms. The van der Waals surface area contributed by atoms with Crippen molar-refractivity contribution in [1.82, 2.24) is 0 Å². The fourth-order valence-corrected chi connectivity index (χ4v) is 2.18. The molecule has 0 aliphatic heterocycles. The molecule has 22 heavy (non-hydrogen) atoms. The van der Waals surface area contributed by atoms with Gasteiger partial charge in [0.25, 0.3) is 0 Å². The number of hydrogen-bond donors (Lipinski definition) is 0. The quantitative estimate of drug-likeness (QED) is 0.205. The van der Waals surface area contributed by atoms with Crippen LogP contribution in [0.1, 0.15) is 51.9 Å². The second kappa shape index (κ2) is 13.1. The third-order valence-electron chi connectivity index (χ3n) is 2.97. The molecule has 0 saturated heterocycles. The van der Waals surface area contributed by atoms with Gasteiger partial charge in [-0.25, -0.2) is 4.21 Å². The minimum Gasteiger partial charge on any atom is -0.740 e. The van der Waals surface area contributed by atoms with Gasteiger partial charge >= 0.3 is 35.5 Å². The second-order valence-electron chi connectivity index (χ2n) is 4.73. The maximum Gasteiger partial charge on any atom is 1.00 e. The van der Waals surface area contributed by atoms with Crippen LogP contribution in [0.2, 0.25) is 0 Å². The van der Waals surface area contributed by atoms with E-state index in [0.717, 1.165) is 19.3 Å². The van der Waals surface area contributed by atoms with E-state index in [1.807, 2.05) is 0 Å². The van der Waals surface area contributed by atoms with Crippen molar-refractivity contribution in [3.63, 3.8) is 0 Å². The Morgan fingerprint density at radius 3 is 2.32 bits per heavy atom. The van der Waals surface area contributed by atoms with E-state index in [1.165, 1.54) is 31.4 Å². The molecule has 0 aliphatic rings. The summed E-state index contributed by atoms with van der Waals surface area (Å²) in [6.07, 6.45) is 6.83. The van der Waals surface area contributed by atoms with Crippen LogP contribution in [-0.2, 0) is 16.2 Å². The normalized spacial score (nSPS) is 11.4. The van der Waals surface area contributed by atoms with E-state index in [-0.39, 0.29) is 47.0 Å². The molecular weight excluding hydrogens is 315 g/mol. The van der Waals surface area contributed by atoms with Gasteiger partial charge in [0, 0.05) is 6.42 Å². The predicted molar refractivity (Wildman–Crippen MR) is 79.6 cm³/mol. The molecule has 5 nitrogen and oxygen atoms in total. The summed E-state index contributed by atoms with van der Waals surface area (Å²) in [7, 11) is 0. The topological polar surface area (TPSA) is 75.7 Å². The van der Waals surface area contributed by atoms with Crippen LogP contribution in [0.15, 0.2) is 24.3 Å². The summed E-state index contributed by atoms with van der Waals surface area (Å²) in [5, 5.41) is 0. The minimum atomic E-state index is -2.69. The van der Waals surface area contributed by atoms with E-state index in [9.17, 15) is 13.6 Å². The molecule has 0 bridgehead atoms. The van der Waals surface area contributed by atoms with Crippen LogP contribution in [0.3, 0.4) is 0 Å². The number of unbranched alkanes of at least 4 members (excludes halogenated alkanes) is 5. The molecule has 0 saturated carbocycles. The molecule has 0 fully saturated rings. The van der Waals surface area contributed by atoms with Crippen molar-refractivity contribution in [2.75, 3.05) is 0 Å². The standard InChI is InChI=1S/C15H22O5S.Na/c1-2-3-4-5-6-7-12-15(16)19-13-10-8-9-11-14(13)20-21(17)18;/h8-11H,2-7,12H2,1H3,(H,17,18);/q;+1/p-1. The van der Waals surface area contributed by atoms with Crippen LogP contribution >= 0.6 is 0 Å². The van der Waals surface area contributed by atoms with E-state index in [2.05, 4.69) is 11.1 Å². The molecule has 1 aromatic rings. The summed E-state index contributed by atoms with van der Waals surface area (Å²) >= 11 is -2.69. The van der Waals surface area contributed by atoms with Crippen molar-refractivity contribution in [2.24, 2.45) is 0 Å². The van der Waals surface area contributed by atoms with Crippen molar-refractivity contribution in [2.45, 2.75) is 51.9 Å². The molecule has 1 unspecified atom stereocenters. The SMILES string of the molecule is CCCCCCCCC(=O)Oc1ccccc1OS(=O)[O-].[Na+]. The molecule has 0 N–H and O–H groups in total. The number of hydrogen-bond acceptors (Lipinski definition) is 5. The third-order valence-corrected chi connectivity index (χ3v) is 3.28. The van der Waals surface area contributed by atoms with Crippen LogP contribution in [0.25, 0.3) is 0 Å². The molecule has 1 rings (SSSR count). The largest absolute Gasteiger partial charge is 1.00 e. The van der Waals surface area contributed by atoms with Crippen molar-refractivity contribution >= 4 is 17.3 Å². The molecular formula is C15H21NaO5S. The number of ether oxygens (including phenoxy) is 1. The maximum atomic E-state index is 11.7. The molecule has 1 atom stereocenters. The van der Waals surface area contributed by atoms with Gasteiger partial charge in [-0.2, -0.15) is 0 Å². The van der Waals surface area contributed by atoms with Gasteiger partial charge in [0.1, 0.15) is 11.4 Å². The number of rotatable bonds is 10. The maximum absolute atomic E-state index is 11.7. The molecule has 0 heterocycles. The van der Waals surface area contributed by atoms with Crippen LogP contribution in [0.5, 0.6) is 11.5 Å². The van der Waals surface area contributed by atoms with Crippen molar-refractivity contribution in [3.8, 4) is 11.5 Å². The van der Waals surface area contributed by atoms with Crippen molar-refractivity contribution in [1.29, 1.82) is 0 Å². The number of carbonyl (C=O) groups excluding carboxylic acids is 1. The zero-order chi connectivity index (χ0) is 15.5. The third kappa shape index (κ3) is 9.58. The summed E-state index contributed by atoms with van der Waals surface area (Å²) in [6.45, 7) is 2.16. The van der Waals surface area contributed by atoms with Crippen LogP contribution < -0.4 is 38.5 Å². The Hall–Kier alpha value is -0.400. The molecule has 0 aromatic heterocycles. The van der Waals surface area contributed by atoms with E-state index in [1.54, 1.807) is 12.1 Å². The number of carbonyl (C=O) groups is 1. The summed E-state index contributed by atoms with van der Waals surface area (Å²) in [5.41, 5.74) is 0. The Labute approximate surface area is 156 Å². The van der Waals surface area contributed by atoms with Crippen molar-refractivity contribution < 1.29 is 52.0 Å². The average Bonchev–Trinajstić information content (AvgIpc) is 2.44. The predicted octanol–water partition coefficient (Wildman–Crippen LogP) is 0.520. The van der Waals surface area contributed by atoms with Gasteiger partial charge in [-0.1, -0.05) is 51.2 Å². The van der Waals surface area contributed by atoms with Gasteiger partial charge in [-0.3, -0.25) is 4.79 Å². The zero-order valence-electron chi connectivity index (χ0n) is 13.2. The molecule has 7 heteroatoms. The van der Waals surface area contributed by atoms with Crippen LogP contribution in [0, 0.1) is 0 Å². The Kier molecular flexibility index (Phi) is 12.8. The van der Waals surface area contributed by atoms with Gasteiger partial charge in [0.15, 0.2) is 11.5 Å². The second-order valence-corrected chi connectivity index (χ2v) is 5.30. The molecule has 1 aromatic carbocycles. The summed E-state index contributed by atoms with van der Waals surface area (Å²) in [6, 6.07) is 6.19. The van der Waals surface area contributed by atoms with Gasteiger partial charge in [-0.05, 0) is 18.6 Å². The first-order chi connectivity index (χ1) is 10.1. The average molecular weight is 336 g/mol. The summed E-state index contributed by atoms with van der Waals surface area (Å²) in [4.78, 5) is 11.7. The number of benzene rings is 1. The summed E-state index contributed by atoms with van der Waals surface area (Å²) < 4.78 is 30.8. The smallest absolute Gasteiger partial charge is 0.740 e. The van der Waals surface area contributed by atoms with Crippen molar-refractivity contribution in [3.05, 3.63) is 24.3 Å². The molecule has 0 amide bonds. The first-order valence-electron chi connectivity index (χ1n) is 7.20. The Balaban J connectivity index is 0.00000441. The number of para-hydroxylation sites is 2. The first-order valence-corrected chi connectivity index (χ1v) is 8.20. The Bertz CT molecular complexity index is 467. The van der Waals surface area contributed by atoms with Gasteiger partial charge in [0.05, 0.1) is 0 Å². The Morgan fingerprint density at radius 2 is 1.68 bits per heavy atom. The zero-order valence-corrected chi connectivity index (χ0v) is 16.0. The van der Waals surface area contributed by atoms with Gasteiger partial charge < -0.3 is 13.5 Å². The monoisotopic (exact) mass is 336 g/mol. The Morgan fingerprint density at radius 1 is 1.09 bits per heavy atom. The van der Waals surface area contributed by atoms with E-state index < -0.39 is 11.4 Å². The first kappa shape index (κ1) is 21.6. The molecule has 0 aliphatic carbocycles. The van der Waals surface area contributed by atoms with Gasteiger partial charge in [0.2, 0.25) is 0 Å². The molecule has 118 valence electrons. The molecule has 0 radical (unpaired) electrons. The van der Waals surface area contributed by atoms with E-state index >= 15 is 0 Å². The fraction of sp³-hybridized carbons (Fsp3) is 0.533. The fourth-order valence-electron chi connectivity index (χ4n) is 1.90. The van der Waals surface area contributed by atoms with Crippen LogP contribution in [0.4, 0.5) is 0 Å². The number of esters is 1. The van der Waals surface area contributed by atoms with Crippen LogP contribution in [-0.4, -0.2) is 14.7 Å². The van der Waals surface area contributed by atoms with Gasteiger partial charge in [-0.15, -0.1) is 0 Å². The van der Waals surface area contributed by atoms with E-state index in [4.69, 9.17) is 4.74 Å². The van der Waals surface area contributed by atoms with E-state index in [0.29, 0.717) is 6.42 Å².